The number of hydrogen-bond acceptors (Lipinski definition) is 4. The summed E-state index contributed by atoms with van der Waals surface area (Å²) in [6, 6.07) is -0.471. The first kappa shape index (κ1) is 15.5. The van der Waals surface area contributed by atoms with Gasteiger partial charge < -0.3 is 10.4 Å². The van der Waals surface area contributed by atoms with Gasteiger partial charge in [0.1, 0.15) is 6.04 Å². The number of aryl methyl sites for hydroxylation is 2. The molecule has 0 amide bonds. The zero-order valence-electron chi connectivity index (χ0n) is 11.9. The number of carbonyl (C=O) groups is 1. The number of piperazine rings is 1. The molecule has 1 unspecified atom stereocenters. The Labute approximate surface area is 127 Å². The van der Waals surface area contributed by atoms with Crippen LogP contribution in [0.1, 0.15) is 25.2 Å². The van der Waals surface area contributed by atoms with E-state index in [0.29, 0.717) is 13.1 Å². The van der Waals surface area contributed by atoms with Gasteiger partial charge >= 0.3 is 5.97 Å². The van der Waals surface area contributed by atoms with E-state index in [1.807, 2.05) is 9.58 Å². The SMILES string of the molecule is CCc1nn(CC)c(CN2CCNCC2C(=O)O)c1Br. The molecule has 0 bridgehead atoms. The Bertz CT molecular complexity index is 489. The average molecular weight is 345 g/mol. The predicted octanol–water partition coefficient (Wildman–Crippen LogP) is 1.09. The maximum absolute atomic E-state index is 11.3. The van der Waals surface area contributed by atoms with Crippen LogP contribution >= 0.6 is 15.9 Å². The molecule has 0 aromatic carbocycles. The normalized spacial score (nSPS) is 20.2. The molecule has 6 nitrogen and oxygen atoms in total. The number of nitrogens with one attached hydrogen (secondary N) is 1. The topological polar surface area (TPSA) is 70.4 Å². The van der Waals surface area contributed by atoms with Gasteiger partial charge in [-0.2, -0.15) is 5.10 Å². The second kappa shape index (κ2) is 6.69. The Morgan fingerprint density at radius 1 is 1.55 bits per heavy atom. The molecule has 0 saturated carbocycles. The van der Waals surface area contributed by atoms with E-state index in [9.17, 15) is 9.90 Å². The molecule has 1 atom stereocenters. The summed E-state index contributed by atoms with van der Waals surface area (Å²) in [6.07, 6.45) is 0.866. The number of hydrogen-bond donors (Lipinski definition) is 2. The van der Waals surface area contributed by atoms with Gasteiger partial charge in [-0.3, -0.25) is 14.4 Å². The maximum Gasteiger partial charge on any atom is 0.322 e. The molecule has 1 saturated heterocycles. The van der Waals surface area contributed by atoms with E-state index in [1.54, 1.807) is 0 Å². The smallest absolute Gasteiger partial charge is 0.322 e. The molecule has 20 heavy (non-hydrogen) atoms. The van der Waals surface area contributed by atoms with E-state index in [0.717, 1.165) is 41.9 Å². The minimum atomic E-state index is -0.772. The molecule has 2 N–H and O–H groups in total. The zero-order chi connectivity index (χ0) is 14.7. The number of nitrogens with zero attached hydrogens (tertiary/aromatic N) is 3. The van der Waals surface area contributed by atoms with Gasteiger partial charge in [-0.1, -0.05) is 6.92 Å². The van der Waals surface area contributed by atoms with E-state index < -0.39 is 12.0 Å². The summed E-state index contributed by atoms with van der Waals surface area (Å²) in [5.74, 6) is -0.772. The van der Waals surface area contributed by atoms with Crippen LogP contribution in [0.2, 0.25) is 0 Å². The van der Waals surface area contributed by atoms with Crippen molar-refractivity contribution in [2.24, 2.45) is 0 Å². The largest absolute Gasteiger partial charge is 0.480 e. The Hall–Kier alpha value is -0.920. The number of carboxylic acids is 1. The third-order valence-electron chi connectivity index (χ3n) is 3.69. The van der Waals surface area contributed by atoms with Gasteiger partial charge in [0.2, 0.25) is 0 Å². The van der Waals surface area contributed by atoms with Gasteiger partial charge in [-0.15, -0.1) is 0 Å². The molecule has 1 aliphatic heterocycles. The monoisotopic (exact) mass is 344 g/mol. The number of halogens is 1. The molecule has 2 heterocycles. The van der Waals surface area contributed by atoms with Crippen molar-refractivity contribution in [1.82, 2.24) is 20.0 Å². The van der Waals surface area contributed by atoms with Gasteiger partial charge in [0, 0.05) is 32.7 Å². The fourth-order valence-corrected chi connectivity index (χ4v) is 3.23. The Balaban J connectivity index is 2.23. The fraction of sp³-hybridized carbons (Fsp3) is 0.692. The van der Waals surface area contributed by atoms with Crippen molar-refractivity contribution in [2.75, 3.05) is 19.6 Å². The minimum absolute atomic E-state index is 0.471. The Morgan fingerprint density at radius 3 is 2.90 bits per heavy atom. The quantitative estimate of drug-likeness (QED) is 0.836. The summed E-state index contributed by atoms with van der Waals surface area (Å²) in [5, 5.41) is 17.0. The predicted molar refractivity (Wildman–Crippen MR) is 79.7 cm³/mol. The molecule has 0 spiro atoms. The second-order valence-electron chi connectivity index (χ2n) is 4.91. The van der Waals surface area contributed by atoms with E-state index in [2.05, 4.69) is 40.2 Å². The van der Waals surface area contributed by atoms with Crippen LogP contribution in [-0.4, -0.2) is 51.4 Å². The molecule has 0 radical (unpaired) electrons. The summed E-state index contributed by atoms with van der Waals surface area (Å²) < 4.78 is 2.98. The van der Waals surface area contributed by atoms with Crippen LogP contribution in [0.15, 0.2) is 4.47 Å². The van der Waals surface area contributed by atoms with Gasteiger partial charge in [0.15, 0.2) is 0 Å². The van der Waals surface area contributed by atoms with Gasteiger partial charge in [-0.25, -0.2) is 0 Å². The molecule has 0 aliphatic carbocycles. The zero-order valence-corrected chi connectivity index (χ0v) is 13.5. The van der Waals surface area contributed by atoms with Crippen LogP contribution in [0.4, 0.5) is 0 Å². The summed E-state index contributed by atoms with van der Waals surface area (Å²) >= 11 is 3.61. The average Bonchev–Trinajstić information content (AvgIpc) is 2.75. The number of aliphatic carboxylic acids is 1. The summed E-state index contributed by atoms with van der Waals surface area (Å²) in [7, 11) is 0. The highest BCUT2D eigenvalue weighted by Gasteiger charge is 2.30. The first-order chi connectivity index (χ1) is 9.58. The van der Waals surface area contributed by atoms with Crippen molar-refractivity contribution in [3.63, 3.8) is 0 Å². The molecule has 1 aliphatic rings. The first-order valence-electron chi connectivity index (χ1n) is 7.00. The van der Waals surface area contributed by atoms with Crippen molar-refractivity contribution < 1.29 is 9.90 Å². The van der Waals surface area contributed by atoms with Crippen LogP contribution in [0.25, 0.3) is 0 Å². The lowest BCUT2D eigenvalue weighted by Crippen LogP contribution is -2.54. The highest BCUT2D eigenvalue weighted by Crippen LogP contribution is 2.24. The van der Waals surface area contributed by atoms with Crippen molar-refractivity contribution >= 4 is 21.9 Å². The molecule has 1 aromatic heterocycles. The van der Waals surface area contributed by atoms with E-state index in [-0.39, 0.29) is 0 Å². The molecule has 112 valence electrons. The first-order valence-corrected chi connectivity index (χ1v) is 7.79. The third kappa shape index (κ3) is 3.05. The number of carboxylic acid groups (broad SMARTS) is 1. The van der Waals surface area contributed by atoms with Crippen LogP contribution in [-0.2, 0) is 24.3 Å². The minimum Gasteiger partial charge on any atom is -0.480 e. The van der Waals surface area contributed by atoms with Crippen LogP contribution in [0.3, 0.4) is 0 Å². The molecular weight excluding hydrogens is 324 g/mol. The van der Waals surface area contributed by atoms with E-state index >= 15 is 0 Å². The lowest BCUT2D eigenvalue weighted by molar-refractivity contribution is -0.144. The van der Waals surface area contributed by atoms with Crippen molar-refractivity contribution in [3.05, 3.63) is 15.9 Å². The molecular formula is C13H21BrN4O2. The third-order valence-corrected chi connectivity index (χ3v) is 4.60. The molecule has 7 heteroatoms. The highest BCUT2D eigenvalue weighted by atomic mass is 79.9. The van der Waals surface area contributed by atoms with Gasteiger partial charge in [-0.05, 0) is 29.3 Å². The summed E-state index contributed by atoms with van der Waals surface area (Å²) in [6.45, 7) is 7.57. The Kier molecular flexibility index (Phi) is 5.17. The van der Waals surface area contributed by atoms with Crippen molar-refractivity contribution in [3.8, 4) is 0 Å². The highest BCUT2D eigenvalue weighted by molar-refractivity contribution is 9.10. The molecule has 1 fully saturated rings. The molecule has 1 aromatic rings. The number of aromatic nitrogens is 2. The van der Waals surface area contributed by atoms with E-state index in [4.69, 9.17) is 0 Å². The molecule has 2 rings (SSSR count). The van der Waals surface area contributed by atoms with Gasteiger partial charge in [0.25, 0.3) is 0 Å². The summed E-state index contributed by atoms with van der Waals surface area (Å²) in [4.78, 5) is 13.3. The second-order valence-corrected chi connectivity index (χ2v) is 5.70. The van der Waals surface area contributed by atoms with E-state index in [1.165, 1.54) is 0 Å². The van der Waals surface area contributed by atoms with Crippen molar-refractivity contribution in [2.45, 2.75) is 39.4 Å². The van der Waals surface area contributed by atoms with Gasteiger partial charge in [0.05, 0.1) is 15.9 Å². The number of rotatable bonds is 5. The van der Waals surface area contributed by atoms with Crippen LogP contribution in [0.5, 0.6) is 0 Å². The standard InChI is InChI=1S/C13H21BrN4O2/c1-3-9-12(14)11(18(4-2)16-9)8-17-6-5-15-7-10(17)13(19)20/h10,15H,3-8H2,1-2H3,(H,19,20). The lowest BCUT2D eigenvalue weighted by atomic mass is 10.1. The van der Waals surface area contributed by atoms with Crippen LogP contribution in [0, 0.1) is 0 Å². The lowest BCUT2D eigenvalue weighted by Gasteiger charge is -2.33. The maximum atomic E-state index is 11.3. The fourth-order valence-electron chi connectivity index (χ4n) is 2.54. The summed E-state index contributed by atoms with van der Waals surface area (Å²) in [5.41, 5.74) is 2.10. The van der Waals surface area contributed by atoms with Crippen molar-refractivity contribution in [1.29, 1.82) is 0 Å². The Morgan fingerprint density at radius 2 is 2.30 bits per heavy atom. The van der Waals surface area contributed by atoms with Crippen LogP contribution < -0.4 is 5.32 Å².